The van der Waals surface area contributed by atoms with Crippen LogP contribution in [0.1, 0.15) is 12.8 Å². The molecule has 1 atom stereocenters. The number of carbonyl (C=O) groups excluding carboxylic acids is 1. The van der Waals surface area contributed by atoms with Gasteiger partial charge in [0.1, 0.15) is 0 Å². The topological polar surface area (TPSA) is 45.7 Å². The van der Waals surface area contributed by atoms with E-state index < -0.39 is 0 Å². The van der Waals surface area contributed by atoms with Crippen molar-refractivity contribution < 1.29 is 10.1 Å². The van der Waals surface area contributed by atoms with Gasteiger partial charge in [0.05, 0.1) is 19.0 Å². The number of para-hydroxylation sites is 1. The van der Waals surface area contributed by atoms with Gasteiger partial charge in [-0.05, 0) is 25.0 Å². The Morgan fingerprint density at radius 2 is 2.13 bits per heavy atom. The molecule has 1 aromatic rings. The maximum atomic E-state index is 11.8. The Morgan fingerprint density at radius 3 is 2.80 bits per heavy atom. The van der Waals surface area contributed by atoms with Crippen molar-refractivity contribution in [3.8, 4) is 0 Å². The van der Waals surface area contributed by atoms with E-state index in [1.165, 1.54) is 0 Å². The van der Waals surface area contributed by atoms with Crippen LogP contribution >= 0.6 is 0 Å². The highest BCUT2D eigenvalue weighted by Gasteiger charge is 2.23. The minimum atomic E-state index is 0.164. The fraction of sp³-hybridized carbons (Fsp3) is 0.417. The summed E-state index contributed by atoms with van der Waals surface area (Å²) in [6.45, 7) is 2.09. The Balaban J connectivity index is 1.91. The summed E-state index contributed by atoms with van der Waals surface area (Å²) < 4.78 is 0. The zero-order valence-corrected chi connectivity index (χ0v) is 8.78. The van der Waals surface area contributed by atoms with Crippen LogP contribution in [-0.4, -0.2) is 19.0 Å². The van der Waals surface area contributed by atoms with Gasteiger partial charge in [-0.3, -0.25) is 4.79 Å². The molecule has 1 aliphatic heterocycles. The van der Waals surface area contributed by atoms with Gasteiger partial charge in [-0.25, -0.2) is 0 Å². The predicted octanol–water partition coefficient (Wildman–Crippen LogP) is 0.598. The first-order valence-corrected chi connectivity index (χ1v) is 5.54. The number of anilines is 1. The molecule has 1 aliphatic rings. The molecular formula is C12H17N2O+. The van der Waals surface area contributed by atoms with Crippen LogP contribution in [0.15, 0.2) is 30.3 Å². The smallest absolute Gasteiger partial charge is 0.233 e. The van der Waals surface area contributed by atoms with E-state index in [0.29, 0.717) is 0 Å². The third-order valence-corrected chi connectivity index (χ3v) is 2.82. The molecule has 0 aromatic heterocycles. The largest absolute Gasteiger partial charge is 0.346 e. The van der Waals surface area contributed by atoms with Gasteiger partial charge < -0.3 is 10.6 Å². The van der Waals surface area contributed by atoms with E-state index in [1.807, 2.05) is 30.3 Å². The molecule has 80 valence electrons. The van der Waals surface area contributed by atoms with Gasteiger partial charge in [-0.1, -0.05) is 18.2 Å². The fourth-order valence-electron chi connectivity index (χ4n) is 1.95. The molecular weight excluding hydrogens is 188 g/mol. The van der Waals surface area contributed by atoms with Gasteiger partial charge in [-0.15, -0.1) is 0 Å². The van der Waals surface area contributed by atoms with Crippen LogP contribution in [0.4, 0.5) is 5.69 Å². The molecule has 1 heterocycles. The van der Waals surface area contributed by atoms with Crippen molar-refractivity contribution in [3.05, 3.63) is 30.3 Å². The monoisotopic (exact) mass is 205 g/mol. The molecule has 0 aliphatic carbocycles. The Kier molecular flexibility index (Phi) is 3.35. The molecule has 0 radical (unpaired) electrons. The van der Waals surface area contributed by atoms with Crippen LogP contribution in [0.2, 0.25) is 0 Å². The SMILES string of the molecule is O=C(Nc1ccccc1)[C@H]1CCC[NH2+]C1. The number of rotatable bonds is 2. The van der Waals surface area contributed by atoms with E-state index in [9.17, 15) is 4.79 Å². The second-order valence-electron chi connectivity index (χ2n) is 4.01. The van der Waals surface area contributed by atoms with Crippen molar-refractivity contribution in [3.63, 3.8) is 0 Å². The average molecular weight is 205 g/mol. The molecule has 2 rings (SSSR count). The summed E-state index contributed by atoms with van der Waals surface area (Å²) in [5, 5.41) is 5.17. The number of nitrogens with one attached hydrogen (secondary N) is 1. The maximum Gasteiger partial charge on any atom is 0.233 e. The van der Waals surface area contributed by atoms with Gasteiger partial charge >= 0.3 is 0 Å². The van der Waals surface area contributed by atoms with E-state index in [4.69, 9.17) is 0 Å². The summed E-state index contributed by atoms with van der Waals surface area (Å²) in [7, 11) is 0. The van der Waals surface area contributed by atoms with Crippen LogP contribution in [0.3, 0.4) is 0 Å². The molecule has 0 saturated carbocycles. The standard InChI is InChI=1S/C12H16N2O/c15-12(10-5-4-8-13-9-10)14-11-6-2-1-3-7-11/h1-3,6-7,10,13H,4-5,8-9H2,(H,14,15)/p+1/t10-/m0/s1. The number of hydrogen-bond acceptors (Lipinski definition) is 1. The van der Waals surface area contributed by atoms with E-state index in [0.717, 1.165) is 31.6 Å². The molecule has 3 nitrogen and oxygen atoms in total. The molecule has 0 unspecified atom stereocenters. The zero-order chi connectivity index (χ0) is 10.5. The zero-order valence-electron chi connectivity index (χ0n) is 8.78. The maximum absolute atomic E-state index is 11.8. The molecule has 3 heteroatoms. The van der Waals surface area contributed by atoms with Gasteiger partial charge in [0.25, 0.3) is 0 Å². The van der Waals surface area contributed by atoms with Crippen molar-refractivity contribution >= 4 is 11.6 Å². The van der Waals surface area contributed by atoms with E-state index in [2.05, 4.69) is 10.6 Å². The number of amides is 1. The quantitative estimate of drug-likeness (QED) is 0.729. The first kappa shape index (κ1) is 10.2. The lowest BCUT2D eigenvalue weighted by Gasteiger charge is -2.19. The average Bonchev–Trinajstić information content (AvgIpc) is 2.31. The van der Waals surface area contributed by atoms with Gasteiger partial charge in [0.15, 0.2) is 0 Å². The normalized spacial score (nSPS) is 20.9. The van der Waals surface area contributed by atoms with Crippen LogP contribution in [0, 0.1) is 5.92 Å². The van der Waals surface area contributed by atoms with Crippen LogP contribution in [0.5, 0.6) is 0 Å². The molecule has 1 fully saturated rings. The summed E-state index contributed by atoms with van der Waals surface area (Å²) in [4.78, 5) is 11.8. The number of carbonyl (C=O) groups is 1. The Morgan fingerprint density at radius 1 is 1.33 bits per heavy atom. The third-order valence-electron chi connectivity index (χ3n) is 2.82. The van der Waals surface area contributed by atoms with Crippen molar-refractivity contribution in [2.45, 2.75) is 12.8 Å². The molecule has 3 N–H and O–H groups in total. The van der Waals surface area contributed by atoms with Gasteiger partial charge in [0.2, 0.25) is 5.91 Å². The van der Waals surface area contributed by atoms with E-state index in [-0.39, 0.29) is 11.8 Å². The Bertz CT molecular complexity index is 318. The number of hydrogen-bond donors (Lipinski definition) is 2. The highest BCUT2D eigenvalue weighted by molar-refractivity contribution is 5.92. The number of piperidine rings is 1. The molecule has 0 spiro atoms. The number of benzene rings is 1. The Labute approximate surface area is 89.9 Å². The van der Waals surface area contributed by atoms with Gasteiger partial charge in [-0.2, -0.15) is 0 Å². The number of quaternary nitrogens is 1. The lowest BCUT2D eigenvalue weighted by atomic mass is 9.99. The van der Waals surface area contributed by atoms with Crippen LogP contribution in [0.25, 0.3) is 0 Å². The Hall–Kier alpha value is -1.35. The molecule has 1 saturated heterocycles. The van der Waals surface area contributed by atoms with E-state index >= 15 is 0 Å². The lowest BCUT2D eigenvalue weighted by molar-refractivity contribution is -0.666. The van der Waals surface area contributed by atoms with Crippen molar-refractivity contribution in [1.82, 2.24) is 0 Å². The van der Waals surface area contributed by atoms with Crippen molar-refractivity contribution in [2.24, 2.45) is 5.92 Å². The fourth-order valence-corrected chi connectivity index (χ4v) is 1.95. The van der Waals surface area contributed by atoms with Gasteiger partial charge in [0, 0.05) is 5.69 Å². The molecule has 15 heavy (non-hydrogen) atoms. The third kappa shape index (κ3) is 2.80. The minimum Gasteiger partial charge on any atom is -0.346 e. The molecule has 1 amide bonds. The summed E-state index contributed by atoms with van der Waals surface area (Å²) in [6.07, 6.45) is 2.17. The van der Waals surface area contributed by atoms with Crippen LogP contribution < -0.4 is 10.6 Å². The highest BCUT2D eigenvalue weighted by atomic mass is 16.1. The summed E-state index contributed by atoms with van der Waals surface area (Å²) >= 11 is 0. The minimum absolute atomic E-state index is 0.164. The van der Waals surface area contributed by atoms with Crippen molar-refractivity contribution in [2.75, 3.05) is 18.4 Å². The van der Waals surface area contributed by atoms with Crippen LogP contribution in [-0.2, 0) is 4.79 Å². The second kappa shape index (κ2) is 4.94. The summed E-state index contributed by atoms with van der Waals surface area (Å²) in [5.41, 5.74) is 0.896. The molecule has 1 aromatic carbocycles. The summed E-state index contributed by atoms with van der Waals surface area (Å²) in [6, 6.07) is 9.66. The predicted molar refractivity (Wildman–Crippen MR) is 59.5 cm³/mol. The molecule has 0 bridgehead atoms. The number of nitrogens with two attached hydrogens (primary N) is 1. The lowest BCUT2D eigenvalue weighted by Crippen LogP contribution is -2.87. The first-order valence-electron chi connectivity index (χ1n) is 5.54. The second-order valence-corrected chi connectivity index (χ2v) is 4.01. The first-order chi connectivity index (χ1) is 7.36. The van der Waals surface area contributed by atoms with Crippen molar-refractivity contribution in [1.29, 1.82) is 0 Å². The highest BCUT2D eigenvalue weighted by Crippen LogP contribution is 2.11. The van der Waals surface area contributed by atoms with E-state index in [1.54, 1.807) is 0 Å². The summed E-state index contributed by atoms with van der Waals surface area (Å²) in [5.74, 6) is 0.344.